The molecular weight excluding hydrogens is 272 g/mol. The second-order valence-electron chi connectivity index (χ2n) is 6.14. The van der Waals surface area contributed by atoms with E-state index in [1.54, 1.807) is 11.1 Å². The molecule has 0 radical (unpaired) electrons. The Morgan fingerprint density at radius 2 is 1.82 bits per heavy atom. The molecule has 0 bridgehead atoms. The van der Waals surface area contributed by atoms with Crippen LogP contribution in [0.4, 0.5) is 0 Å². The highest BCUT2D eigenvalue weighted by molar-refractivity contribution is 9.09. The van der Waals surface area contributed by atoms with Crippen LogP contribution in [0.3, 0.4) is 0 Å². The summed E-state index contributed by atoms with van der Waals surface area (Å²) in [6.45, 7) is 2.35. The first-order valence-corrected chi connectivity index (χ1v) is 7.83. The Morgan fingerprint density at radius 1 is 1.18 bits per heavy atom. The summed E-state index contributed by atoms with van der Waals surface area (Å²) in [6.07, 6.45) is 8.19. The van der Waals surface area contributed by atoms with Crippen molar-refractivity contribution >= 4 is 15.9 Å². The lowest BCUT2D eigenvalue weighted by Crippen LogP contribution is -2.34. The van der Waals surface area contributed by atoms with Gasteiger partial charge in [-0.25, -0.2) is 0 Å². The van der Waals surface area contributed by atoms with Gasteiger partial charge in [0.2, 0.25) is 0 Å². The molecule has 0 nitrogen and oxygen atoms in total. The fourth-order valence-electron chi connectivity index (χ4n) is 4.07. The highest BCUT2D eigenvalue weighted by Crippen LogP contribution is 2.51. The minimum Gasteiger partial charge on any atom is -0.0890 e. The van der Waals surface area contributed by atoms with Gasteiger partial charge in [-0.2, -0.15) is 0 Å². The molecule has 17 heavy (non-hydrogen) atoms. The lowest BCUT2D eigenvalue weighted by Gasteiger charge is -2.40. The van der Waals surface area contributed by atoms with Crippen LogP contribution in [0.2, 0.25) is 0 Å². The first-order valence-electron chi connectivity index (χ1n) is 6.92. The van der Waals surface area contributed by atoms with Gasteiger partial charge in [-0.05, 0) is 54.6 Å². The Hall–Kier alpha value is -0.300. The third-order valence-corrected chi connectivity index (χ3v) is 5.49. The molecule has 1 heteroatoms. The molecule has 0 heterocycles. The van der Waals surface area contributed by atoms with Crippen molar-refractivity contribution in [2.75, 3.05) is 0 Å². The van der Waals surface area contributed by atoms with Crippen molar-refractivity contribution in [1.29, 1.82) is 0 Å². The highest BCUT2D eigenvalue weighted by Gasteiger charge is 2.43. The van der Waals surface area contributed by atoms with Crippen LogP contribution in [0.15, 0.2) is 24.3 Å². The zero-order chi connectivity index (χ0) is 11.9. The number of hydrogen-bond acceptors (Lipinski definition) is 0. The molecule has 0 aromatic heterocycles. The third kappa shape index (κ3) is 2.19. The van der Waals surface area contributed by atoms with Gasteiger partial charge in [0.05, 0.1) is 0 Å². The van der Waals surface area contributed by atoms with E-state index in [9.17, 15) is 0 Å². The maximum atomic E-state index is 3.90. The Labute approximate surface area is 113 Å². The van der Waals surface area contributed by atoms with Crippen LogP contribution in [0.25, 0.3) is 0 Å². The lowest BCUT2D eigenvalue weighted by molar-refractivity contribution is 0.152. The van der Waals surface area contributed by atoms with Crippen molar-refractivity contribution in [3.8, 4) is 0 Å². The molecule has 0 saturated heterocycles. The third-order valence-electron chi connectivity index (χ3n) is 4.79. The summed E-state index contributed by atoms with van der Waals surface area (Å²) < 4.78 is 0. The number of rotatable bonds is 1. The van der Waals surface area contributed by atoms with E-state index in [2.05, 4.69) is 47.1 Å². The summed E-state index contributed by atoms with van der Waals surface area (Å²) in [4.78, 5) is 0.746. The summed E-state index contributed by atoms with van der Waals surface area (Å²) in [6, 6.07) is 9.07. The van der Waals surface area contributed by atoms with Crippen LogP contribution in [-0.2, 0) is 12.8 Å². The van der Waals surface area contributed by atoms with Gasteiger partial charge >= 0.3 is 0 Å². The Morgan fingerprint density at radius 3 is 2.41 bits per heavy atom. The van der Waals surface area contributed by atoms with Crippen LogP contribution in [0.1, 0.15) is 43.7 Å². The molecule has 92 valence electrons. The van der Waals surface area contributed by atoms with Crippen molar-refractivity contribution in [1.82, 2.24) is 0 Å². The number of benzene rings is 1. The van der Waals surface area contributed by atoms with Crippen molar-refractivity contribution in [3.63, 3.8) is 0 Å². The number of fused-ring (bicyclic) bond motifs is 1. The fraction of sp³-hybridized carbons (Fsp3) is 0.625. The van der Waals surface area contributed by atoms with E-state index >= 15 is 0 Å². The Balaban J connectivity index is 1.85. The van der Waals surface area contributed by atoms with Gasteiger partial charge in [0.25, 0.3) is 0 Å². The smallest absolute Gasteiger partial charge is 0.0154 e. The van der Waals surface area contributed by atoms with Crippen molar-refractivity contribution in [3.05, 3.63) is 35.4 Å². The molecule has 1 aromatic carbocycles. The monoisotopic (exact) mass is 292 g/mol. The van der Waals surface area contributed by atoms with Crippen LogP contribution in [0.5, 0.6) is 0 Å². The lowest BCUT2D eigenvalue weighted by atomic mass is 9.67. The molecule has 0 aliphatic heterocycles. The fourth-order valence-corrected chi connectivity index (χ4v) is 5.28. The standard InChI is InChI=1S/C16H21Br/c1-2-12-7-15(17)11-16(8-12)9-13-5-3-4-6-14(13)10-16/h3-6,12,15H,2,7-11H2,1H3/t12-,15?/m1/s1. The molecular formula is C16H21Br. The predicted molar refractivity (Wildman–Crippen MR) is 76.6 cm³/mol. The maximum Gasteiger partial charge on any atom is 0.0154 e. The van der Waals surface area contributed by atoms with E-state index in [0.717, 1.165) is 10.7 Å². The quantitative estimate of drug-likeness (QED) is 0.656. The van der Waals surface area contributed by atoms with Gasteiger partial charge in [-0.3, -0.25) is 0 Å². The number of hydrogen-bond donors (Lipinski definition) is 0. The maximum absolute atomic E-state index is 3.90. The number of halogens is 1. The van der Waals surface area contributed by atoms with Crippen LogP contribution >= 0.6 is 15.9 Å². The van der Waals surface area contributed by atoms with Gasteiger partial charge in [-0.15, -0.1) is 0 Å². The Bertz CT molecular complexity index is 385. The molecule has 1 unspecified atom stereocenters. The molecule has 2 atom stereocenters. The molecule has 3 rings (SSSR count). The van der Waals surface area contributed by atoms with E-state index in [1.807, 2.05) is 0 Å². The average molecular weight is 293 g/mol. The molecule has 0 N–H and O–H groups in total. The molecule has 1 fully saturated rings. The SMILES string of the molecule is CC[C@@H]1CC(Br)CC2(Cc3ccccc3C2)C1. The topological polar surface area (TPSA) is 0 Å². The first-order chi connectivity index (χ1) is 8.21. The summed E-state index contributed by atoms with van der Waals surface area (Å²) >= 11 is 3.90. The van der Waals surface area contributed by atoms with Gasteiger partial charge < -0.3 is 0 Å². The summed E-state index contributed by atoms with van der Waals surface area (Å²) in [7, 11) is 0. The van der Waals surface area contributed by atoms with Crippen LogP contribution < -0.4 is 0 Å². The van der Waals surface area contributed by atoms with E-state index in [4.69, 9.17) is 0 Å². The van der Waals surface area contributed by atoms with E-state index in [0.29, 0.717) is 5.41 Å². The largest absolute Gasteiger partial charge is 0.0890 e. The summed E-state index contributed by atoms with van der Waals surface area (Å²) in [5.74, 6) is 0.933. The normalized spacial score (nSPS) is 30.5. The minimum absolute atomic E-state index is 0.580. The van der Waals surface area contributed by atoms with Crippen LogP contribution in [-0.4, -0.2) is 4.83 Å². The van der Waals surface area contributed by atoms with Crippen LogP contribution in [0, 0.1) is 11.3 Å². The first kappa shape index (κ1) is 11.8. The van der Waals surface area contributed by atoms with Gasteiger partial charge in [-0.1, -0.05) is 53.5 Å². The molecule has 2 aliphatic carbocycles. The number of alkyl halides is 1. The Kier molecular flexibility index (Phi) is 3.06. The van der Waals surface area contributed by atoms with Gasteiger partial charge in [0.1, 0.15) is 0 Å². The zero-order valence-corrected chi connectivity index (χ0v) is 12.2. The minimum atomic E-state index is 0.580. The molecule has 0 amide bonds. The van der Waals surface area contributed by atoms with Crippen molar-refractivity contribution in [2.24, 2.45) is 11.3 Å². The van der Waals surface area contributed by atoms with Gasteiger partial charge in [0.15, 0.2) is 0 Å². The second kappa shape index (κ2) is 4.42. The molecule has 1 spiro atoms. The van der Waals surface area contributed by atoms with E-state index < -0.39 is 0 Å². The predicted octanol–water partition coefficient (Wildman–Crippen LogP) is 4.75. The molecule has 2 aliphatic rings. The highest BCUT2D eigenvalue weighted by atomic mass is 79.9. The van der Waals surface area contributed by atoms with E-state index in [1.165, 1.54) is 38.5 Å². The van der Waals surface area contributed by atoms with Gasteiger partial charge in [0, 0.05) is 4.83 Å². The summed E-state index contributed by atoms with van der Waals surface area (Å²) in [5, 5.41) is 0. The molecule has 1 aromatic rings. The zero-order valence-electron chi connectivity index (χ0n) is 10.6. The average Bonchev–Trinajstić information content (AvgIpc) is 2.64. The van der Waals surface area contributed by atoms with Crippen molar-refractivity contribution < 1.29 is 0 Å². The second-order valence-corrected chi connectivity index (χ2v) is 7.43. The van der Waals surface area contributed by atoms with Crippen molar-refractivity contribution in [2.45, 2.75) is 50.3 Å². The van der Waals surface area contributed by atoms with E-state index in [-0.39, 0.29) is 0 Å². The molecule has 1 saturated carbocycles. The summed E-state index contributed by atoms with van der Waals surface area (Å²) in [5.41, 5.74) is 3.81.